The van der Waals surface area contributed by atoms with Crippen molar-refractivity contribution in [1.82, 2.24) is 4.57 Å². The topological polar surface area (TPSA) is 43.6 Å². The quantitative estimate of drug-likeness (QED) is 0.411. The molecule has 1 aliphatic carbocycles. The summed E-state index contributed by atoms with van der Waals surface area (Å²) in [4.78, 5) is 19.5. The molecular weight excluding hydrogens is 464 g/mol. The minimum atomic E-state index is -0.272. The fraction of sp³-hybridized carbons (Fsp3) is 0.143. The lowest BCUT2D eigenvalue weighted by molar-refractivity contribution is 0.415. The Morgan fingerprint density at radius 2 is 1.79 bits per heavy atom. The van der Waals surface area contributed by atoms with Crippen LogP contribution in [0.2, 0.25) is 5.02 Å². The van der Waals surface area contributed by atoms with E-state index in [2.05, 4.69) is 18.2 Å². The van der Waals surface area contributed by atoms with Crippen LogP contribution in [0, 0.1) is 0 Å². The van der Waals surface area contributed by atoms with Crippen LogP contribution in [0.5, 0.6) is 5.75 Å². The standard InChI is InChI=1S/C28H21ClN2O2S/c1-33-19-13-10-17(11-14-19)16-24-27(32)31-26(21-8-4-5-9-23(21)29)22-15-12-18-6-2-3-7-20(18)25(22)30-28(31)34-24/h2-11,13-14,16,26H,12,15H2,1H3/b24-16+/t26-/m0/s1. The lowest BCUT2D eigenvalue weighted by atomic mass is 9.83. The van der Waals surface area contributed by atoms with Gasteiger partial charge in [-0.25, -0.2) is 4.99 Å². The molecule has 1 aliphatic heterocycles. The van der Waals surface area contributed by atoms with Crippen molar-refractivity contribution in [2.75, 3.05) is 7.11 Å². The molecule has 0 radical (unpaired) electrons. The highest BCUT2D eigenvalue weighted by Gasteiger charge is 2.33. The first kappa shape index (κ1) is 21.1. The molecule has 0 saturated carbocycles. The molecule has 0 unspecified atom stereocenters. The van der Waals surface area contributed by atoms with Gasteiger partial charge in [-0.15, -0.1) is 0 Å². The number of rotatable bonds is 3. The van der Waals surface area contributed by atoms with E-state index >= 15 is 0 Å². The number of nitrogens with zero attached hydrogens (tertiary/aromatic N) is 2. The fourth-order valence-electron chi connectivity index (χ4n) is 4.85. The molecule has 1 aromatic heterocycles. The van der Waals surface area contributed by atoms with Gasteiger partial charge in [-0.2, -0.15) is 0 Å². The Hall–Kier alpha value is -3.41. The van der Waals surface area contributed by atoms with Crippen molar-refractivity contribution in [3.05, 3.63) is 125 Å². The number of ether oxygens (including phenoxy) is 1. The highest BCUT2D eigenvalue weighted by Crippen LogP contribution is 2.42. The van der Waals surface area contributed by atoms with Crippen LogP contribution in [0.15, 0.2) is 88.2 Å². The van der Waals surface area contributed by atoms with Crippen molar-refractivity contribution in [3.8, 4) is 5.75 Å². The van der Waals surface area contributed by atoms with Gasteiger partial charge in [0.25, 0.3) is 5.56 Å². The number of halogens is 1. The molecule has 3 aromatic carbocycles. The first-order chi connectivity index (χ1) is 16.6. The maximum absolute atomic E-state index is 13.7. The third-order valence-electron chi connectivity index (χ3n) is 6.49. The van der Waals surface area contributed by atoms with E-state index < -0.39 is 0 Å². The number of aryl methyl sites for hydroxylation is 1. The number of thiazole rings is 1. The van der Waals surface area contributed by atoms with Crippen LogP contribution in [0.25, 0.3) is 11.8 Å². The Balaban J connectivity index is 1.61. The van der Waals surface area contributed by atoms with E-state index in [0.29, 0.717) is 14.4 Å². The average molecular weight is 485 g/mol. The van der Waals surface area contributed by atoms with Gasteiger partial charge in [0.1, 0.15) is 5.75 Å². The lowest BCUT2D eigenvalue weighted by Gasteiger charge is -2.31. The summed E-state index contributed by atoms with van der Waals surface area (Å²) in [5.74, 6) is 0.781. The maximum atomic E-state index is 13.7. The smallest absolute Gasteiger partial charge is 0.271 e. The molecule has 4 aromatic rings. The Morgan fingerprint density at radius 1 is 1.03 bits per heavy atom. The summed E-state index contributed by atoms with van der Waals surface area (Å²) in [5, 5.41) is 0.657. The monoisotopic (exact) mass is 484 g/mol. The van der Waals surface area contributed by atoms with Crippen LogP contribution < -0.4 is 19.6 Å². The summed E-state index contributed by atoms with van der Waals surface area (Å²) in [7, 11) is 1.64. The van der Waals surface area contributed by atoms with Crippen molar-refractivity contribution < 1.29 is 4.74 Å². The van der Waals surface area contributed by atoms with Crippen LogP contribution in [-0.4, -0.2) is 11.7 Å². The molecule has 0 N–H and O–H groups in total. The number of aromatic nitrogens is 1. The normalized spacial score (nSPS) is 17.0. The summed E-state index contributed by atoms with van der Waals surface area (Å²) < 4.78 is 7.73. The lowest BCUT2D eigenvalue weighted by Crippen LogP contribution is -2.38. The Morgan fingerprint density at radius 3 is 2.59 bits per heavy atom. The number of fused-ring (bicyclic) bond motifs is 3. The molecule has 6 heteroatoms. The second-order valence-electron chi connectivity index (χ2n) is 8.41. The average Bonchev–Trinajstić information content (AvgIpc) is 3.18. The van der Waals surface area contributed by atoms with Gasteiger partial charge < -0.3 is 4.74 Å². The van der Waals surface area contributed by atoms with Crippen LogP contribution in [0.3, 0.4) is 0 Å². The molecule has 0 fully saturated rings. The van der Waals surface area contributed by atoms with Crippen LogP contribution >= 0.6 is 22.9 Å². The summed E-state index contributed by atoms with van der Waals surface area (Å²) in [5.41, 5.74) is 6.39. The molecule has 0 spiro atoms. The molecule has 0 amide bonds. The predicted molar refractivity (Wildman–Crippen MR) is 137 cm³/mol. The highest BCUT2D eigenvalue weighted by molar-refractivity contribution is 7.07. The minimum absolute atomic E-state index is 0.0464. The molecule has 2 heterocycles. The molecule has 168 valence electrons. The number of benzene rings is 3. The summed E-state index contributed by atoms with van der Waals surface area (Å²) >= 11 is 8.11. The summed E-state index contributed by atoms with van der Waals surface area (Å²) in [6.07, 6.45) is 3.68. The first-order valence-corrected chi connectivity index (χ1v) is 12.3. The van der Waals surface area contributed by atoms with Gasteiger partial charge in [0, 0.05) is 10.6 Å². The number of hydrogen-bond donors (Lipinski definition) is 0. The zero-order valence-corrected chi connectivity index (χ0v) is 20.1. The SMILES string of the molecule is COc1ccc(/C=c2/sc3n(c2=O)[C@@H](c2ccccc2Cl)C2=C(N=3)c3ccccc3CC2)cc1. The number of allylic oxidation sites excluding steroid dienone is 1. The Bertz CT molecular complexity index is 1630. The molecule has 34 heavy (non-hydrogen) atoms. The molecule has 0 bridgehead atoms. The van der Waals surface area contributed by atoms with Gasteiger partial charge in [0.2, 0.25) is 0 Å². The van der Waals surface area contributed by atoms with Gasteiger partial charge in [0.15, 0.2) is 4.80 Å². The van der Waals surface area contributed by atoms with E-state index in [0.717, 1.165) is 46.6 Å². The number of hydrogen-bond acceptors (Lipinski definition) is 4. The van der Waals surface area contributed by atoms with E-state index in [1.54, 1.807) is 7.11 Å². The molecule has 0 saturated heterocycles. The third-order valence-corrected chi connectivity index (χ3v) is 7.81. The van der Waals surface area contributed by atoms with E-state index in [-0.39, 0.29) is 11.6 Å². The largest absolute Gasteiger partial charge is 0.497 e. The van der Waals surface area contributed by atoms with Crippen LogP contribution in [-0.2, 0) is 6.42 Å². The predicted octanol–water partition coefficient (Wildman–Crippen LogP) is 4.98. The second kappa shape index (κ2) is 8.42. The van der Waals surface area contributed by atoms with Crippen molar-refractivity contribution in [2.45, 2.75) is 18.9 Å². The molecular formula is C28H21ClN2O2S. The van der Waals surface area contributed by atoms with Gasteiger partial charge in [-0.05, 0) is 59.4 Å². The molecule has 4 nitrogen and oxygen atoms in total. The number of methoxy groups -OCH3 is 1. The van der Waals surface area contributed by atoms with Gasteiger partial charge in [0.05, 0.1) is 23.4 Å². The van der Waals surface area contributed by atoms with Crippen molar-refractivity contribution in [2.24, 2.45) is 4.99 Å². The van der Waals surface area contributed by atoms with Crippen molar-refractivity contribution in [3.63, 3.8) is 0 Å². The Kier molecular flexibility index (Phi) is 5.24. The zero-order valence-electron chi connectivity index (χ0n) is 18.5. The first-order valence-electron chi connectivity index (χ1n) is 11.2. The van der Waals surface area contributed by atoms with Crippen molar-refractivity contribution in [1.29, 1.82) is 0 Å². The van der Waals surface area contributed by atoms with E-state index in [1.165, 1.54) is 16.9 Å². The van der Waals surface area contributed by atoms with E-state index in [4.69, 9.17) is 21.3 Å². The van der Waals surface area contributed by atoms with Crippen molar-refractivity contribution >= 4 is 34.7 Å². The zero-order chi connectivity index (χ0) is 23.2. The van der Waals surface area contributed by atoms with E-state index in [9.17, 15) is 4.79 Å². The fourth-order valence-corrected chi connectivity index (χ4v) is 6.09. The Labute approximate surface area is 205 Å². The van der Waals surface area contributed by atoms with Crippen LogP contribution in [0.4, 0.5) is 0 Å². The summed E-state index contributed by atoms with van der Waals surface area (Å²) in [6, 6.07) is 23.6. The van der Waals surface area contributed by atoms with Crippen LogP contribution in [0.1, 0.15) is 34.7 Å². The maximum Gasteiger partial charge on any atom is 0.271 e. The van der Waals surface area contributed by atoms with E-state index in [1.807, 2.05) is 65.2 Å². The molecule has 2 aliphatic rings. The minimum Gasteiger partial charge on any atom is -0.497 e. The summed E-state index contributed by atoms with van der Waals surface area (Å²) in [6.45, 7) is 0. The van der Waals surface area contributed by atoms with Gasteiger partial charge >= 0.3 is 0 Å². The second-order valence-corrected chi connectivity index (χ2v) is 9.82. The highest BCUT2D eigenvalue weighted by atomic mass is 35.5. The van der Waals surface area contributed by atoms with Gasteiger partial charge in [-0.3, -0.25) is 9.36 Å². The molecule has 6 rings (SSSR count). The third kappa shape index (κ3) is 3.44. The molecule has 1 atom stereocenters. The van der Waals surface area contributed by atoms with Gasteiger partial charge in [-0.1, -0.05) is 77.5 Å².